The molecule has 0 amide bonds. The zero-order valence-electron chi connectivity index (χ0n) is 63.5. The van der Waals surface area contributed by atoms with Crippen LogP contribution >= 0.6 is 15.6 Å². The molecule has 3 unspecified atom stereocenters. The van der Waals surface area contributed by atoms with Gasteiger partial charge in [-0.2, -0.15) is 0 Å². The highest BCUT2D eigenvalue weighted by Crippen LogP contribution is 2.45. The predicted octanol–water partition coefficient (Wildman–Crippen LogP) is 23.0. The van der Waals surface area contributed by atoms with E-state index in [1.807, 2.05) is 0 Å². The van der Waals surface area contributed by atoms with Crippen molar-refractivity contribution < 1.29 is 80.2 Å². The Bertz CT molecular complexity index is 1890. The Balaban J connectivity index is 5.19. The van der Waals surface area contributed by atoms with Crippen molar-refractivity contribution in [2.45, 2.75) is 420 Å². The summed E-state index contributed by atoms with van der Waals surface area (Å²) in [6.45, 7) is 11.8. The maximum atomic E-state index is 13.1. The number of aliphatic hydroxyl groups is 1. The summed E-state index contributed by atoms with van der Waals surface area (Å²) in [4.78, 5) is 72.8. The van der Waals surface area contributed by atoms with E-state index >= 15 is 0 Å². The van der Waals surface area contributed by atoms with Gasteiger partial charge in [0.05, 0.1) is 26.4 Å². The number of phosphoric ester groups is 2. The Kier molecular flexibility index (Phi) is 67.1. The summed E-state index contributed by atoms with van der Waals surface area (Å²) in [7, 11) is -9.91. The zero-order chi connectivity index (χ0) is 71.6. The van der Waals surface area contributed by atoms with Gasteiger partial charge in [0.15, 0.2) is 12.2 Å². The third-order valence-electron chi connectivity index (χ3n) is 18.5. The Morgan fingerprint density at radius 2 is 0.526 bits per heavy atom. The van der Waals surface area contributed by atoms with Crippen LogP contribution in [0.3, 0.4) is 0 Å². The second-order valence-electron chi connectivity index (χ2n) is 29.3. The van der Waals surface area contributed by atoms with Crippen LogP contribution in [-0.4, -0.2) is 96.7 Å². The standard InChI is InChI=1S/C78H152O17P2/c1-8-10-11-12-13-14-15-16-17-18-19-20-21-22-23-24-25-28-32-38-47-54-61-77(82)94-73(65-88-75(80)59-52-45-37-31-29-26-27-30-35-42-49-56-69(3)4)67-92-96(84,85)90-63-72(79)64-91-97(86,87)93-68-74(66-89-76(81)60-53-46-41-40-43-50-57-70(5)6)95-78(83)62-55-48-39-34-33-36-44-51-58-71(7)9-2/h69-74,79H,8-68H2,1-7H3,(H,84,85)(H,86,87)/t71?,72-,73-,74-/m1/s1. The summed E-state index contributed by atoms with van der Waals surface area (Å²) in [6, 6.07) is 0. The molecule has 0 fully saturated rings. The normalized spacial score (nSPS) is 14.3. The van der Waals surface area contributed by atoms with Gasteiger partial charge in [-0.05, 0) is 43.4 Å². The average Bonchev–Trinajstić information content (AvgIpc) is 1.93. The molecule has 0 bridgehead atoms. The molecular weight excluding hydrogens is 1270 g/mol. The third kappa shape index (κ3) is 70.9. The van der Waals surface area contributed by atoms with E-state index in [0.717, 1.165) is 108 Å². The Morgan fingerprint density at radius 1 is 0.299 bits per heavy atom. The topological polar surface area (TPSA) is 237 Å². The van der Waals surface area contributed by atoms with Crippen molar-refractivity contribution in [3.63, 3.8) is 0 Å². The molecule has 0 aromatic heterocycles. The summed E-state index contributed by atoms with van der Waals surface area (Å²) in [5.41, 5.74) is 0. The summed E-state index contributed by atoms with van der Waals surface area (Å²) in [5, 5.41) is 10.6. The summed E-state index contributed by atoms with van der Waals surface area (Å²) < 4.78 is 68.5. The average molecular weight is 1420 g/mol. The first-order valence-corrected chi connectivity index (χ1v) is 43.4. The maximum absolute atomic E-state index is 13.1. The van der Waals surface area contributed by atoms with Crippen molar-refractivity contribution >= 4 is 39.5 Å². The molecule has 0 spiro atoms. The Labute approximate surface area is 594 Å². The molecule has 17 nitrogen and oxygen atoms in total. The number of ether oxygens (including phenoxy) is 4. The maximum Gasteiger partial charge on any atom is 0.472 e. The van der Waals surface area contributed by atoms with Gasteiger partial charge in [0.2, 0.25) is 0 Å². The van der Waals surface area contributed by atoms with E-state index < -0.39 is 97.5 Å². The van der Waals surface area contributed by atoms with Gasteiger partial charge in [-0.3, -0.25) is 37.3 Å². The van der Waals surface area contributed by atoms with E-state index in [-0.39, 0.29) is 25.7 Å². The van der Waals surface area contributed by atoms with Crippen LogP contribution in [0, 0.1) is 17.8 Å². The lowest BCUT2D eigenvalue weighted by molar-refractivity contribution is -0.161. The molecule has 0 aliphatic carbocycles. The number of aliphatic hydroxyl groups excluding tert-OH is 1. The Hall–Kier alpha value is -1.94. The first kappa shape index (κ1) is 95.1. The SMILES string of the molecule is CCCCCCCCCCCCCCCCCCCCCCCCC(=O)O[C@H](COC(=O)CCCCCCCCCCCCCC(C)C)COP(=O)(O)OC[C@@H](O)COP(=O)(O)OC[C@@H](COC(=O)CCCCCCCCC(C)C)OC(=O)CCCCCCCCCCC(C)CC. The highest BCUT2D eigenvalue weighted by Gasteiger charge is 2.30. The molecule has 576 valence electrons. The fourth-order valence-electron chi connectivity index (χ4n) is 11.9. The number of rotatable bonds is 76. The number of hydrogen-bond donors (Lipinski definition) is 3. The van der Waals surface area contributed by atoms with Crippen molar-refractivity contribution in [2.24, 2.45) is 17.8 Å². The number of phosphoric acid groups is 2. The van der Waals surface area contributed by atoms with Crippen molar-refractivity contribution in [1.29, 1.82) is 0 Å². The largest absolute Gasteiger partial charge is 0.472 e. The van der Waals surface area contributed by atoms with Crippen molar-refractivity contribution in [1.82, 2.24) is 0 Å². The number of hydrogen-bond acceptors (Lipinski definition) is 15. The predicted molar refractivity (Wildman–Crippen MR) is 395 cm³/mol. The quantitative estimate of drug-likeness (QED) is 0.0222. The summed E-state index contributed by atoms with van der Waals surface area (Å²) in [6.07, 6.45) is 55.8. The minimum atomic E-state index is -4.96. The van der Waals surface area contributed by atoms with Crippen molar-refractivity contribution in [2.75, 3.05) is 39.6 Å². The van der Waals surface area contributed by atoms with Crippen LogP contribution in [0.4, 0.5) is 0 Å². The summed E-state index contributed by atoms with van der Waals surface area (Å²) in [5.74, 6) is 0.0988. The molecule has 0 rings (SSSR count). The molecule has 0 aromatic carbocycles. The van der Waals surface area contributed by atoms with Crippen molar-refractivity contribution in [3.05, 3.63) is 0 Å². The van der Waals surface area contributed by atoms with Gasteiger partial charge >= 0.3 is 39.5 Å². The van der Waals surface area contributed by atoms with Gasteiger partial charge in [-0.1, -0.05) is 350 Å². The highest BCUT2D eigenvalue weighted by molar-refractivity contribution is 7.47. The first-order valence-electron chi connectivity index (χ1n) is 40.4. The second kappa shape index (κ2) is 68.5. The summed E-state index contributed by atoms with van der Waals surface area (Å²) >= 11 is 0. The molecule has 0 aliphatic rings. The fraction of sp³-hybridized carbons (Fsp3) is 0.949. The lowest BCUT2D eigenvalue weighted by atomic mass is 9.99. The lowest BCUT2D eigenvalue weighted by Crippen LogP contribution is -2.30. The lowest BCUT2D eigenvalue weighted by Gasteiger charge is -2.21. The molecule has 0 aliphatic heterocycles. The van der Waals surface area contributed by atoms with Gasteiger partial charge in [-0.15, -0.1) is 0 Å². The fourth-order valence-corrected chi connectivity index (χ4v) is 13.5. The molecule has 0 aromatic rings. The van der Waals surface area contributed by atoms with Gasteiger partial charge in [0, 0.05) is 25.7 Å². The van der Waals surface area contributed by atoms with E-state index in [1.165, 1.54) is 205 Å². The van der Waals surface area contributed by atoms with Crippen LogP contribution in [0.1, 0.15) is 402 Å². The minimum absolute atomic E-state index is 0.104. The number of carbonyl (C=O) groups excluding carboxylic acids is 4. The molecule has 3 N–H and O–H groups in total. The number of carbonyl (C=O) groups is 4. The molecular formula is C78H152O17P2. The van der Waals surface area contributed by atoms with Crippen LogP contribution in [0.2, 0.25) is 0 Å². The third-order valence-corrected chi connectivity index (χ3v) is 20.4. The van der Waals surface area contributed by atoms with Crippen LogP contribution < -0.4 is 0 Å². The van der Waals surface area contributed by atoms with E-state index in [1.54, 1.807) is 0 Å². The zero-order valence-corrected chi connectivity index (χ0v) is 65.3. The van der Waals surface area contributed by atoms with Gasteiger partial charge in [0.1, 0.15) is 19.3 Å². The second-order valence-corrected chi connectivity index (χ2v) is 32.2. The monoisotopic (exact) mass is 1420 g/mol. The first-order chi connectivity index (χ1) is 46.8. The van der Waals surface area contributed by atoms with E-state index in [2.05, 4.69) is 48.5 Å². The van der Waals surface area contributed by atoms with E-state index in [0.29, 0.717) is 31.6 Å². The van der Waals surface area contributed by atoms with Gasteiger partial charge in [-0.25, -0.2) is 9.13 Å². The van der Waals surface area contributed by atoms with Crippen molar-refractivity contribution in [3.8, 4) is 0 Å². The molecule has 6 atom stereocenters. The van der Waals surface area contributed by atoms with Crippen LogP contribution in [0.5, 0.6) is 0 Å². The highest BCUT2D eigenvalue weighted by atomic mass is 31.2. The van der Waals surface area contributed by atoms with Gasteiger partial charge in [0.25, 0.3) is 0 Å². The Morgan fingerprint density at radius 3 is 0.784 bits per heavy atom. The van der Waals surface area contributed by atoms with Gasteiger partial charge < -0.3 is 33.8 Å². The molecule has 0 radical (unpaired) electrons. The molecule has 0 saturated heterocycles. The van der Waals surface area contributed by atoms with Crippen LogP contribution in [-0.2, 0) is 65.4 Å². The van der Waals surface area contributed by atoms with E-state index in [4.69, 9.17) is 37.0 Å². The number of unbranched alkanes of at least 4 members (excludes halogenated alkanes) is 43. The van der Waals surface area contributed by atoms with Crippen LogP contribution in [0.25, 0.3) is 0 Å². The smallest absolute Gasteiger partial charge is 0.462 e. The molecule has 0 saturated carbocycles. The molecule has 19 heteroatoms. The molecule has 97 heavy (non-hydrogen) atoms. The van der Waals surface area contributed by atoms with E-state index in [9.17, 15) is 43.2 Å². The molecule has 0 heterocycles. The number of esters is 4. The van der Waals surface area contributed by atoms with Crippen LogP contribution in [0.15, 0.2) is 0 Å². The minimum Gasteiger partial charge on any atom is -0.462 e.